The van der Waals surface area contributed by atoms with E-state index in [2.05, 4.69) is 0 Å². The number of esters is 1. The molecule has 3 heteroatoms. The van der Waals surface area contributed by atoms with Gasteiger partial charge in [-0.25, -0.2) is 0 Å². The predicted octanol–water partition coefficient (Wildman–Crippen LogP) is 1.36. The molecule has 0 amide bonds. The summed E-state index contributed by atoms with van der Waals surface area (Å²) in [6, 6.07) is 0. The van der Waals surface area contributed by atoms with E-state index in [1.54, 1.807) is 0 Å². The second kappa shape index (κ2) is 3.29. The third kappa shape index (κ3) is 1.46. The summed E-state index contributed by atoms with van der Waals surface area (Å²) in [4.78, 5) is 11.5. The Morgan fingerprint density at radius 1 is 1.46 bits per heavy atom. The number of hydrogen-bond acceptors (Lipinski definition) is 3. The molecule has 0 saturated carbocycles. The Morgan fingerprint density at radius 2 is 2.23 bits per heavy atom. The first-order valence-electron chi connectivity index (χ1n) is 5.02. The van der Waals surface area contributed by atoms with E-state index in [0.29, 0.717) is 5.92 Å². The fraction of sp³-hybridized carbons (Fsp3) is 0.900. The topological polar surface area (TPSA) is 35.5 Å². The lowest BCUT2D eigenvalue weighted by Crippen LogP contribution is -2.36. The fourth-order valence-corrected chi connectivity index (χ4v) is 2.25. The average Bonchev–Trinajstić information content (AvgIpc) is 2.39. The number of hydrogen-bond donors (Lipinski definition) is 0. The van der Waals surface area contributed by atoms with Crippen LogP contribution in [0.5, 0.6) is 0 Å². The molecular weight excluding hydrogens is 168 g/mol. The first kappa shape index (κ1) is 9.00. The highest BCUT2D eigenvalue weighted by atomic mass is 16.6. The molecular formula is C10H16O3. The van der Waals surface area contributed by atoms with Crippen molar-refractivity contribution in [3.05, 3.63) is 0 Å². The van der Waals surface area contributed by atoms with Crippen LogP contribution in [0.1, 0.15) is 26.7 Å². The van der Waals surface area contributed by atoms with Crippen molar-refractivity contribution < 1.29 is 14.3 Å². The van der Waals surface area contributed by atoms with E-state index < -0.39 is 0 Å². The molecule has 0 bridgehead atoms. The van der Waals surface area contributed by atoms with E-state index in [1.807, 2.05) is 13.8 Å². The molecule has 0 aromatic carbocycles. The van der Waals surface area contributed by atoms with Crippen molar-refractivity contribution in [3.8, 4) is 0 Å². The van der Waals surface area contributed by atoms with Crippen LogP contribution in [0.15, 0.2) is 0 Å². The molecule has 0 N–H and O–H groups in total. The summed E-state index contributed by atoms with van der Waals surface area (Å²) in [5, 5.41) is 0. The zero-order valence-corrected chi connectivity index (χ0v) is 8.16. The third-order valence-electron chi connectivity index (χ3n) is 2.92. The van der Waals surface area contributed by atoms with Crippen LogP contribution in [-0.4, -0.2) is 24.8 Å². The molecule has 74 valence electrons. The van der Waals surface area contributed by atoms with Crippen molar-refractivity contribution in [2.24, 2.45) is 11.8 Å². The van der Waals surface area contributed by atoms with Gasteiger partial charge in [0.05, 0.1) is 5.92 Å². The van der Waals surface area contributed by atoms with Gasteiger partial charge in [-0.2, -0.15) is 0 Å². The zero-order chi connectivity index (χ0) is 9.42. The molecule has 0 aromatic heterocycles. The first-order valence-corrected chi connectivity index (χ1v) is 5.02. The summed E-state index contributed by atoms with van der Waals surface area (Å²) in [6.45, 7) is 4.87. The van der Waals surface area contributed by atoms with Crippen LogP contribution in [0, 0.1) is 11.8 Å². The maximum atomic E-state index is 11.5. The van der Waals surface area contributed by atoms with Crippen LogP contribution in [0.3, 0.4) is 0 Å². The predicted molar refractivity (Wildman–Crippen MR) is 47.2 cm³/mol. The summed E-state index contributed by atoms with van der Waals surface area (Å²) < 4.78 is 10.9. The molecule has 0 radical (unpaired) electrons. The fourth-order valence-electron chi connectivity index (χ4n) is 2.25. The minimum absolute atomic E-state index is 0.0289. The van der Waals surface area contributed by atoms with Gasteiger partial charge >= 0.3 is 5.97 Å². The van der Waals surface area contributed by atoms with E-state index in [0.717, 1.165) is 19.4 Å². The first-order chi connectivity index (χ1) is 6.20. The van der Waals surface area contributed by atoms with Gasteiger partial charge < -0.3 is 9.47 Å². The molecule has 13 heavy (non-hydrogen) atoms. The summed E-state index contributed by atoms with van der Waals surface area (Å²) in [7, 11) is 0. The Kier molecular flexibility index (Phi) is 2.28. The number of carbonyl (C=O) groups excluding carboxylic acids is 1. The van der Waals surface area contributed by atoms with Gasteiger partial charge in [-0.1, -0.05) is 13.8 Å². The Labute approximate surface area is 78.4 Å². The van der Waals surface area contributed by atoms with Gasteiger partial charge in [-0.3, -0.25) is 4.79 Å². The molecule has 0 aromatic rings. The highest BCUT2D eigenvalue weighted by Gasteiger charge is 2.47. The van der Waals surface area contributed by atoms with Crippen molar-refractivity contribution in [2.75, 3.05) is 6.61 Å². The van der Waals surface area contributed by atoms with Crippen molar-refractivity contribution in [2.45, 2.75) is 38.9 Å². The van der Waals surface area contributed by atoms with Crippen molar-refractivity contribution >= 4 is 5.97 Å². The minimum atomic E-state index is -0.0631. The Balaban J connectivity index is 2.13. The molecule has 3 atom stereocenters. The SMILES string of the molecule is CC(C)[C@@H]1C(=O)O[C@@H]2CCCO[C@@H]21. The number of carbonyl (C=O) groups is 1. The molecule has 3 nitrogen and oxygen atoms in total. The quantitative estimate of drug-likeness (QED) is 0.577. The number of ether oxygens (including phenoxy) is 2. The normalized spacial score (nSPS) is 39.0. The van der Waals surface area contributed by atoms with E-state index in [1.165, 1.54) is 0 Å². The molecule has 0 spiro atoms. The lowest BCUT2D eigenvalue weighted by molar-refractivity contribution is -0.145. The van der Waals surface area contributed by atoms with Crippen LogP contribution >= 0.6 is 0 Å². The number of fused-ring (bicyclic) bond motifs is 1. The molecule has 2 saturated heterocycles. The molecule has 2 aliphatic rings. The van der Waals surface area contributed by atoms with E-state index in [-0.39, 0.29) is 24.1 Å². The van der Waals surface area contributed by atoms with Crippen LogP contribution in [0.2, 0.25) is 0 Å². The summed E-state index contributed by atoms with van der Waals surface area (Å²) >= 11 is 0. The van der Waals surface area contributed by atoms with Crippen molar-refractivity contribution in [1.29, 1.82) is 0 Å². The minimum Gasteiger partial charge on any atom is -0.459 e. The van der Waals surface area contributed by atoms with Crippen molar-refractivity contribution in [1.82, 2.24) is 0 Å². The highest BCUT2D eigenvalue weighted by Crippen LogP contribution is 2.35. The lowest BCUT2D eigenvalue weighted by atomic mass is 9.88. The Morgan fingerprint density at radius 3 is 2.92 bits per heavy atom. The van der Waals surface area contributed by atoms with Gasteiger partial charge in [0.25, 0.3) is 0 Å². The third-order valence-corrected chi connectivity index (χ3v) is 2.92. The van der Waals surface area contributed by atoms with Gasteiger partial charge in [0.15, 0.2) is 0 Å². The van der Waals surface area contributed by atoms with Gasteiger partial charge in [-0.05, 0) is 18.8 Å². The lowest BCUT2D eigenvalue weighted by Gasteiger charge is -2.27. The maximum absolute atomic E-state index is 11.5. The van der Waals surface area contributed by atoms with Gasteiger partial charge in [-0.15, -0.1) is 0 Å². The van der Waals surface area contributed by atoms with E-state index in [9.17, 15) is 4.79 Å². The molecule has 0 aliphatic carbocycles. The second-order valence-corrected chi connectivity index (χ2v) is 4.22. The maximum Gasteiger partial charge on any atom is 0.312 e. The smallest absolute Gasteiger partial charge is 0.312 e. The molecule has 2 heterocycles. The van der Waals surface area contributed by atoms with Crippen LogP contribution in [-0.2, 0) is 14.3 Å². The van der Waals surface area contributed by atoms with E-state index >= 15 is 0 Å². The average molecular weight is 184 g/mol. The van der Waals surface area contributed by atoms with Gasteiger partial charge in [0.1, 0.15) is 12.2 Å². The number of rotatable bonds is 1. The van der Waals surface area contributed by atoms with Crippen molar-refractivity contribution in [3.63, 3.8) is 0 Å². The Hall–Kier alpha value is -0.570. The second-order valence-electron chi connectivity index (χ2n) is 4.22. The van der Waals surface area contributed by atoms with Gasteiger partial charge in [0.2, 0.25) is 0 Å². The summed E-state index contributed by atoms with van der Waals surface area (Å²) in [6.07, 6.45) is 2.05. The van der Waals surface area contributed by atoms with Gasteiger partial charge in [0, 0.05) is 6.61 Å². The summed E-state index contributed by atoms with van der Waals surface area (Å²) in [5.74, 6) is 0.220. The largest absolute Gasteiger partial charge is 0.459 e. The van der Waals surface area contributed by atoms with E-state index in [4.69, 9.17) is 9.47 Å². The van der Waals surface area contributed by atoms with Crippen LogP contribution in [0.25, 0.3) is 0 Å². The Bertz CT molecular complexity index is 212. The molecule has 2 aliphatic heterocycles. The summed E-state index contributed by atoms with van der Waals surface area (Å²) in [5.41, 5.74) is 0. The molecule has 0 unspecified atom stereocenters. The zero-order valence-electron chi connectivity index (χ0n) is 8.16. The van der Waals surface area contributed by atoms with Crippen LogP contribution < -0.4 is 0 Å². The van der Waals surface area contributed by atoms with Crippen LogP contribution in [0.4, 0.5) is 0 Å². The standard InChI is InChI=1S/C10H16O3/c1-6(2)8-9-7(13-10(8)11)4-3-5-12-9/h6-9H,3-5H2,1-2H3/t7-,8+,9+/m1/s1. The monoisotopic (exact) mass is 184 g/mol. The molecule has 2 fully saturated rings. The molecule has 2 rings (SSSR count). The highest BCUT2D eigenvalue weighted by molar-refractivity contribution is 5.76.